The minimum absolute atomic E-state index is 0.122. The summed E-state index contributed by atoms with van der Waals surface area (Å²) in [7, 11) is -3.77. The molecule has 0 radical (unpaired) electrons. The van der Waals surface area contributed by atoms with Gasteiger partial charge >= 0.3 is 0 Å². The maximum atomic E-state index is 13.6. The first-order chi connectivity index (χ1) is 18.8. The highest BCUT2D eigenvalue weighted by molar-refractivity contribution is 7.89. The number of ether oxygens (including phenoxy) is 1. The largest absolute Gasteiger partial charge is 0.493 e. The van der Waals surface area contributed by atoms with Crippen LogP contribution in [-0.4, -0.2) is 83.0 Å². The number of sulfonamides is 1. The number of fused-ring (bicyclic) bond motifs is 1. The first-order valence-electron chi connectivity index (χ1n) is 13.6. The number of piperazine rings is 1. The quantitative estimate of drug-likeness (QED) is 0.210. The second-order valence-corrected chi connectivity index (χ2v) is 11.5. The zero-order valence-electron chi connectivity index (χ0n) is 23.1. The summed E-state index contributed by atoms with van der Waals surface area (Å²) in [4.78, 5) is 18.7. The number of aryl methyl sites for hydroxylation is 2. The average molecular weight is 559 g/mol. The molecule has 0 atom stereocenters. The van der Waals surface area contributed by atoms with E-state index in [1.165, 1.54) is 16.6 Å². The number of benzene rings is 1. The van der Waals surface area contributed by atoms with Crippen LogP contribution in [-0.2, 0) is 22.9 Å². The standard InChI is InChI=1S/C27H38N6O5S/c1-5-9-23-22(18-28-35)20(7-3)25-27(34)29-26(30-33(23)25)21-17-19(10-11-24(21)38-8-4)39(36,37)32-15-13-31(12-6-2)14-16-32/h10-11,17-18,35H,5-9,12-16H2,1-4H3,(H,29,30,34)/b28-18+. The normalized spacial score (nSPS) is 15.5. The van der Waals surface area contributed by atoms with Crippen molar-refractivity contribution in [3.8, 4) is 17.1 Å². The van der Waals surface area contributed by atoms with Gasteiger partial charge in [-0.25, -0.2) is 12.9 Å². The van der Waals surface area contributed by atoms with Gasteiger partial charge in [0.1, 0.15) is 11.3 Å². The molecule has 3 heterocycles. The van der Waals surface area contributed by atoms with E-state index in [0.29, 0.717) is 68.0 Å². The van der Waals surface area contributed by atoms with Gasteiger partial charge in [-0.3, -0.25) is 4.79 Å². The van der Waals surface area contributed by atoms with E-state index in [0.717, 1.165) is 30.6 Å². The molecule has 0 saturated carbocycles. The lowest BCUT2D eigenvalue weighted by atomic mass is 10.1. The molecule has 1 aliphatic heterocycles. The molecule has 2 N–H and O–H groups in total. The van der Waals surface area contributed by atoms with Crippen molar-refractivity contribution in [2.45, 2.75) is 58.3 Å². The van der Waals surface area contributed by atoms with Gasteiger partial charge in [0.15, 0.2) is 5.82 Å². The summed E-state index contributed by atoms with van der Waals surface area (Å²) in [5, 5.41) is 17.3. The van der Waals surface area contributed by atoms with E-state index < -0.39 is 10.0 Å². The molecule has 1 fully saturated rings. The summed E-state index contributed by atoms with van der Waals surface area (Å²) in [6.45, 7) is 11.4. The van der Waals surface area contributed by atoms with E-state index in [1.807, 2.05) is 20.8 Å². The van der Waals surface area contributed by atoms with Crippen LogP contribution in [0.15, 0.2) is 33.0 Å². The molecule has 1 aromatic carbocycles. The number of nitrogens with one attached hydrogen (secondary N) is 1. The summed E-state index contributed by atoms with van der Waals surface area (Å²) < 4.78 is 36.2. The van der Waals surface area contributed by atoms with Crippen molar-refractivity contribution in [3.63, 3.8) is 0 Å². The fourth-order valence-corrected chi connectivity index (χ4v) is 6.72. The molecule has 0 amide bonds. The number of hydrogen-bond acceptors (Lipinski definition) is 8. The second kappa shape index (κ2) is 12.3. The van der Waals surface area contributed by atoms with Gasteiger partial charge < -0.3 is 19.8 Å². The predicted octanol–water partition coefficient (Wildman–Crippen LogP) is 3.13. The van der Waals surface area contributed by atoms with Crippen LogP contribution in [0.1, 0.15) is 57.4 Å². The summed E-state index contributed by atoms with van der Waals surface area (Å²) in [5.41, 5.74) is 2.55. The molecule has 1 aliphatic rings. The summed E-state index contributed by atoms with van der Waals surface area (Å²) in [6, 6.07) is 4.69. The highest BCUT2D eigenvalue weighted by atomic mass is 32.2. The lowest BCUT2D eigenvalue weighted by Gasteiger charge is -2.33. The van der Waals surface area contributed by atoms with Crippen LogP contribution >= 0.6 is 0 Å². The van der Waals surface area contributed by atoms with Gasteiger partial charge in [-0.15, -0.1) is 5.10 Å². The van der Waals surface area contributed by atoms with Crippen LogP contribution in [0.5, 0.6) is 5.75 Å². The molecular formula is C27H38N6O5S. The third-order valence-corrected chi connectivity index (χ3v) is 8.97. The van der Waals surface area contributed by atoms with Crippen LogP contribution in [0.2, 0.25) is 0 Å². The number of rotatable bonds is 11. The molecule has 3 aromatic rings. The Kier molecular flexibility index (Phi) is 9.08. The van der Waals surface area contributed by atoms with Crippen molar-refractivity contribution in [1.29, 1.82) is 0 Å². The van der Waals surface area contributed by atoms with Gasteiger partial charge in [-0.2, -0.15) is 4.31 Å². The SMILES string of the molecule is CCCc1c(/C=N/O)c(CC)c2c(=O)[nH]c(-c3cc(S(=O)(=O)N4CCN(CCC)CC4)ccc3OCC)nn12. The summed E-state index contributed by atoms with van der Waals surface area (Å²) in [5.74, 6) is 0.618. The van der Waals surface area contributed by atoms with Crippen LogP contribution in [0.25, 0.3) is 16.9 Å². The first-order valence-corrected chi connectivity index (χ1v) is 15.1. The Morgan fingerprint density at radius 3 is 2.49 bits per heavy atom. The molecular weight excluding hydrogens is 520 g/mol. The molecule has 0 unspecified atom stereocenters. The van der Waals surface area contributed by atoms with Gasteiger partial charge in [0, 0.05) is 31.7 Å². The Hall–Kier alpha value is -3.22. The fraction of sp³-hybridized carbons (Fsp3) is 0.519. The van der Waals surface area contributed by atoms with Gasteiger partial charge in [0.05, 0.1) is 29.0 Å². The molecule has 0 bridgehead atoms. The number of nitrogens with zero attached hydrogens (tertiary/aromatic N) is 5. The number of hydrogen-bond donors (Lipinski definition) is 2. The number of oxime groups is 1. The van der Waals surface area contributed by atoms with E-state index in [-0.39, 0.29) is 16.3 Å². The molecule has 12 heteroatoms. The minimum atomic E-state index is -3.77. The Bertz CT molecular complexity index is 1500. The summed E-state index contributed by atoms with van der Waals surface area (Å²) >= 11 is 0. The number of aromatic nitrogens is 3. The van der Waals surface area contributed by atoms with Crippen LogP contribution < -0.4 is 10.3 Å². The Morgan fingerprint density at radius 2 is 1.87 bits per heavy atom. The average Bonchev–Trinajstić information content (AvgIpc) is 3.22. The third-order valence-electron chi connectivity index (χ3n) is 7.08. The predicted molar refractivity (Wildman–Crippen MR) is 151 cm³/mol. The van der Waals surface area contributed by atoms with E-state index >= 15 is 0 Å². The van der Waals surface area contributed by atoms with Gasteiger partial charge in [-0.05, 0) is 56.5 Å². The maximum absolute atomic E-state index is 13.6. The maximum Gasteiger partial charge on any atom is 0.275 e. The van der Waals surface area contributed by atoms with Crippen molar-refractivity contribution in [2.75, 3.05) is 39.3 Å². The fourth-order valence-electron chi connectivity index (χ4n) is 5.28. The monoisotopic (exact) mass is 558 g/mol. The van der Waals surface area contributed by atoms with Crippen molar-refractivity contribution in [1.82, 2.24) is 23.8 Å². The van der Waals surface area contributed by atoms with E-state index in [1.54, 1.807) is 16.6 Å². The van der Waals surface area contributed by atoms with Crippen molar-refractivity contribution in [3.05, 3.63) is 45.4 Å². The van der Waals surface area contributed by atoms with Crippen molar-refractivity contribution < 1.29 is 18.4 Å². The van der Waals surface area contributed by atoms with E-state index in [9.17, 15) is 18.4 Å². The van der Waals surface area contributed by atoms with Crippen LogP contribution in [0, 0.1) is 0 Å². The summed E-state index contributed by atoms with van der Waals surface area (Å²) in [6.07, 6.45) is 4.31. The van der Waals surface area contributed by atoms with Crippen LogP contribution in [0.3, 0.4) is 0 Å². The zero-order valence-corrected chi connectivity index (χ0v) is 23.9. The Morgan fingerprint density at radius 1 is 1.13 bits per heavy atom. The molecule has 1 saturated heterocycles. The lowest BCUT2D eigenvalue weighted by molar-refractivity contribution is 0.188. The van der Waals surface area contributed by atoms with Crippen molar-refractivity contribution >= 4 is 21.8 Å². The topological polar surface area (TPSA) is 133 Å². The smallest absolute Gasteiger partial charge is 0.275 e. The highest BCUT2D eigenvalue weighted by Gasteiger charge is 2.30. The molecule has 0 aliphatic carbocycles. The van der Waals surface area contributed by atoms with Gasteiger partial charge in [0.2, 0.25) is 10.0 Å². The van der Waals surface area contributed by atoms with Gasteiger partial charge in [0.25, 0.3) is 5.56 Å². The second-order valence-electron chi connectivity index (χ2n) is 9.59. The Balaban J connectivity index is 1.85. The molecule has 4 rings (SSSR count). The highest BCUT2D eigenvalue weighted by Crippen LogP contribution is 2.32. The molecule has 2 aromatic heterocycles. The zero-order chi connectivity index (χ0) is 28.2. The molecule has 39 heavy (non-hydrogen) atoms. The molecule has 11 nitrogen and oxygen atoms in total. The first kappa shape index (κ1) is 28.8. The lowest BCUT2D eigenvalue weighted by Crippen LogP contribution is -2.48. The van der Waals surface area contributed by atoms with E-state index in [2.05, 4.69) is 22.0 Å². The van der Waals surface area contributed by atoms with E-state index in [4.69, 9.17) is 9.84 Å². The third kappa shape index (κ3) is 5.59. The van der Waals surface area contributed by atoms with Crippen LogP contribution in [0.4, 0.5) is 0 Å². The number of H-pyrrole nitrogens is 1. The molecule has 212 valence electrons. The number of aromatic amines is 1. The molecule has 0 spiro atoms. The van der Waals surface area contributed by atoms with Crippen molar-refractivity contribution in [2.24, 2.45) is 5.16 Å². The minimum Gasteiger partial charge on any atom is -0.493 e. The Labute approximate surface area is 229 Å². The van der Waals surface area contributed by atoms with Gasteiger partial charge in [-0.1, -0.05) is 32.3 Å².